The maximum atomic E-state index is 11.6. The zero-order valence-electron chi connectivity index (χ0n) is 18.5. The molecule has 1 N–H and O–H groups in total. The van der Waals surface area contributed by atoms with Crippen LogP contribution in [0.3, 0.4) is 0 Å². The molecule has 1 unspecified atom stereocenters. The van der Waals surface area contributed by atoms with E-state index in [9.17, 15) is 9.90 Å². The summed E-state index contributed by atoms with van der Waals surface area (Å²) in [5, 5.41) is 9.49. The van der Waals surface area contributed by atoms with E-state index in [0.717, 1.165) is 16.9 Å². The zero-order valence-corrected chi connectivity index (χ0v) is 18.5. The van der Waals surface area contributed by atoms with Crippen molar-refractivity contribution in [2.24, 2.45) is 0 Å². The molecule has 154 valence electrons. The van der Waals surface area contributed by atoms with Crippen LogP contribution in [0.15, 0.2) is 30.3 Å². The van der Waals surface area contributed by atoms with Crippen LogP contribution in [-0.2, 0) is 22.7 Å². The Morgan fingerprint density at radius 3 is 2.17 bits per heavy atom. The van der Waals surface area contributed by atoms with Gasteiger partial charge in [0, 0.05) is 5.56 Å². The van der Waals surface area contributed by atoms with Crippen molar-refractivity contribution in [2.75, 3.05) is 6.61 Å². The summed E-state index contributed by atoms with van der Waals surface area (Å²) in [5.41, 5.74) is 6.50. The second-order valence-electron chi connectivity index (χ2n) is 10.3. The maximum Gasteiger partial charge on any atom is 0.335 e. The second-order valence-corrected chi connectivity index (χ2v) is 10.3. The summed E-state index contributed by atoms with van der Waals surface area (Å²) in [7, 11) is 0. The molecular weight excluding hydrogens is 360 g/mol. The lowest BCUT2D eigenvalue weighted by molar-refractivity contribution is 0.0695. The van der Waals surface area contributed by atoms with Crippen LogP contribution in [0, 0.1) is 0 Å². The molecule has 0 saturated heterocycles. The average molecular weight is 393 g/mol. The molecule has 4 rings (SSSR count). The lowest BCUT2D eigenvalue weighted by Gasteiger charge is -2.42. The van der Waals surface area contributed by atoms with E-state index in [1.54, 1.807) is 6.07 Å². The highest BCUT2D eigenvalue weighted by molar-refractivity contribution is 5.89. The van der Waals surface area contributed by atoms with Crippen molar-refractivity contribution in [3.05, 3.63) is 63.7 Å². The SMILES string of the molecule is CCc1cc(C2(C)COc3cc4c(cc32)C(C)(C)CCC4(C)C)ccc1C(=O)O. The van der Waals surface area contributed by atoms with Gasteiger partial charge in [-0.15, -0.1) is 0 Å². The lowest BCUT2D eigenvalue weighted by atomic mass is 9.62. The number of rotatable bonds is 3. The van der Waals surface area contributed by atoms with Crippen molar-refractivity contribution in [2.45, 2.75) is 77.0 Å². The third kappa shape index (κ3) is 2.97. The van der Waals surface area contributed by atoms with Crippen molar-refractivity contribution in [3.8, 4) is 5.75 Å². The van der Waals surface area contributed by atoms with E-state index in [1.807, 2.05) is 13.0 Å². The number of hydrogen-bond donors (Lipinski definition) is 1. The van der Waals surface area contributed by atoms with E-state index in [0.29, 0.717) is 18.6 Å². The molecule has 1 heterocycles. The molecule has 3 nitrogen and oxygen atoms in total. The van der Waals surface area contributed by atoms with Crippen LogP contribution in [0.2, 0.25) is 0 Å². The molecule has 0 aromatic heterocycles. The van der Waals surface area contributed by atoms with Gasteiger partial charge in [0.15, 0.2) is 0 Å². The highest BCUT2D eigenvalue weighted by Crippen LogP contribution is 2.52. The summed E-state index contributed by atoms with van der Waals surface area (Å²) in [6, 6.07) is 10.5. The van der Waals surface area contributed by atoms with E-state index < -0.39 is 5.97 Å². The van der Waals surface area contributed by atoms with Crippen molar-refractivity contribution in [1.82, 2.24) is 0 Å². The molecule has 0 bridgehead atoms. The third-order valence-electron chi connectivity index (χ3n) is 7.42. The smallest absolute Gasteiger partial charge is 0.335 e. The largest absolute Gasteiger partial charge is 0.492 e. The van der Waals surface area contributed by atoms with Gasteiger partial charge in [-0.05, 0) is 71.4 Å². The Bertz CT molecular complexity index is 999. The molecule has 0 radical (unpaired) electrons. The number of ether oxygens (including phenoxy) is 1. The first-order valence-electron chi connectivity index (χ1n) is 10.7. The quantitative estimate of drug-likeness (QED) is 0.697. The summed E-state index contributed by atoms with van der Waals surface area (Å²) in [4.78, 5) is 11.6. The number of carboxylic acid groups (broad SMARTS) is 1. The molecule has 2 aliphatic rings. The summed E-state index contributed by atoms with van der Waals surface area (Å²) >= 11 is 0. The maximum absolute atomic E-state index is 11.6. The van der Waals surface area contributed by atoms with Gasteiger partial charge in [0.1, 0.15) is 12.4 Å². The molecule has 2 aromatic rings. The highest BCUT2D eigenvalue weighted by Gasteiger charge is 2.43. The second kappa shape index (κ2) is 6.35. The number of carboxylic acids is 1. The Labute approximate surface area is 174 Å². The van der Waals surface area contributed by atoms with Crippen molar-refractivity contribution >= 4 is 5.97 Å². The van der Waals surface area contributed by atoms with Gasteiger partial charge in [-0.1, -0.05) is 52.8 Å². The predicted octanol–water partition coefficient (Wildman–Crippen LogP) is 5.99. The van der Waals surface area contributed by atoms with Crippen LogP contribution in [0.25, 0.3) is 0 Å². The number of fused-ring (bicyclic) bond motifs is 2. The van der Waals surface area contributed by atoms with Gasteiger partial charge >= 0.3 is 5.97 Å². The highest BCUT2D eigenvalue weighted by atomic mass is 16.5. The molecule has 1 aliphatic heterocycles. The van der Waals surface area contributed by atoms with Crippen LogP contribution >= 0.6 is 0 Å². The van der Waals surface area contributed by atoms with E-state index in [-0.39, 0.29) is 16.2 Å². The molecular formula is C26H32O3. The van der Waals surface area contributed by atoms with Crippen LogP contribution in [-0.4, -0.2) is 17.7 Å². The third-order valence-corrected chi connectivity index (χ3v) is 7.42. The van der Waals surface area contributed by atoms with Crippen LogP contribution in [0.5, 0.6) is 5.75 Å². The zero-order chi connectivity index (χ0) is 21.2. The Hall–Kier alpha value is -2.29. The number of aryl methyl sites for hydroxylation is 1. The fraction of sp³-hybridized carbons (Fsp3) is 0.500. The fourth-order valence-corrected chi connectivity index (χ4v) is 5.12. The molecule has 1 atom stereocenters. The Morgan fingerprint density at radius 2 is 1.59 bits per heavy atom. The van der Waals surface area contributed by atoms with Gasteiger partial charge in [0.05, 0.1) is 11.0 Å². The van der Waals surface area contributed by atoms with E-state index in [2.05, 4.69) is 52.8 Å². The van der Waals surface area contributed by atoms with Crippen molar-refractivity contribution < 1.29 is 14.6 Å². The minimum atomic E-state index is -0.861. The summed E-state index contributed by atoms with van der Waals surface area (Å²) in [6.07, 6.45) is 3.06. The molecule has 3 heteroatoms. The minimum absolute atomic E-state index is 0.144. The van der Waals surface area contributed by atoms with Crippen LogP contribution < -0.4 is 4.74 Å². The van der Waals surface area contributed by atoms with Crippen LogP contribution in [0.1, 0.15) is 92.6 Å². The number of aromatic carboxylic acids is 1. The fourth-order valence-electron chi connectivity index (χ4n) is 5.12. The van der Waals surface area contributed by atoms with Crippen molar-refractivity contribution in [3.63, 3.8) is 0 Å². The summed E-state index contributed by atoms with van der Waals surface area (Å²) in [6.45, 7) is 14.2. The van der Waals surface area contributed by atoms with Crippen molar-refractivity contribution in [1.29, 1.82) is 0 Å². The van der Waals surface area contributed by atoms with Gasteiger partial charge in [0.25, 0.3) is 0 Å². The first-order chi connectivity index (χ1) is 13.5. The van der Waals surface area contributed by atoms with Gasteiger partial charge < -0.3 is 9.84 Å². The molecule has 0 spiro atoms. The Morgan fingerprint density at radius 1 is 0.966 bits per heavy atom. The Balaban J connectivity index is 1.88. The normalized spacial score (nSPS) is 23.8. The summed E-state index contributed by atoms with van der Waals surface area (Å²) in [5.74, 6) is 0.122. The van der Waals surface area contributed by atoms with E-state index in [1.165, 1.54) is 29.5 Å². The first kappa shape index (κ1) is 20.0. The van der Waals surface area contributed by atoms with Gasteiger partial charge in [-0.3, -0.25) is 0 Å². The molecule has 29 heavy (non-hydrogen) atoms. The summed E-state index contributed by atoms with van der Waals surface area (Å²) < 4.78 is 6.23. The molecule has 0 saturated carbocycles. The van der Waals surface area contributed by atoms with Gasteiger partial charge in [-0.2, -0.15) is 0 Å². The standard InChI is InChI=1S/C26H32O3/c1-7-16-12-17(8-9-18(16)23(27)28)26(6)15-29-22-14-20-19(13-21(22)26)24(2,3)10-11-25(20,4)5/h8-9,12-14H,7,10-11,15H2,1-6H3,(H,27,28). The number of hydrogen-bond acceptors (Lipinski definition) is 2. The van der Waals surface area contributed by atoms with E-state index >= 15 is 0 Å². The molecule has 0 fully saturated rings. The number of carbonyl (C=O) groups is 1. The molecule has 0 amide bonds. The molecule has 2 aromatic carbocycles. The van der Waals surface area contributed by atoms with Crippen LogP contribution in [0.4, 0.5) is 0 Å². The minimum Gasteiger partial charge on any atom is -0.492 e. The average Bonchev–Trinajstić information content (AvgIpc) is 3.01. The predicted molar refractivity (Wildman–Crippen MR) is 116 cm³/mol. The monoisotopic (exact) mass is 392 g/mol. The molecule has 1 aliphatic carbocycles. The first-order valence-corrected chi connectivity index (χ1v) is 10.7. The van der Waals surface area contributed by atoms with Gasteiger partial charge in [0.2, 0.25) is 0 Å². The lowest BCUT2D eigenvalue weighted by Crippen LogP contribution is -2.34. The van der Waals surface area contributed by atoms with E-state index in [4.69, 9.17) is 4.74 Å². The number of benzene rings is 2. The van der Waals surface area contributed by atoms with Gasteiger partial charge in [-0.25, -0.2) is 4.79 Å². The topological polar surface area (TPSA) is 46.5 Å². The Kier molecular flexibility index (Phi) is 4.38.